The number of aromatic amines is 2. The fourth-order valence-corrected chi connectivity index (χ4v) is 1.79. The van der Waals surface area contributed by atoms with Crippen LogP contribution in [0, 0.1) is 12.7 Å². The monoisotopic (exact) mass is 250 g/mol. The second-order valence-corrected chi connectivity index (χ2v) is 3.73. The Labute approximate surface area is 101 Å². The topological polar surface area (TPSA) is 75.0 Å². The van der Waals surface area contributed by atoms with Crippen LogP contribution in [0.5, 0.6) is 5.75 Å². The molecule has 1 heterocycles. The molecule has 2 N–H and O–H groups in total. The van der Waals surface area contributed by atoms with Crippen LogP contribution in [-0.4, -0.2) is 17.1 Å². The van der Waals surface area contributed by atoms with Gasteiger partial charge in [0.05, 0.1) is 12.7 Å². The summed E-state index contributed by atoms with van der Waals surface area (Å²) in [7, 11) is 1.34. The Balaban J connectivity index is 2.78. The van der Waals surface area contributed by atoms with Gasteiger partial charge in [-0.25, -0.2) is 9.18 Å². The van der Waals surface area contributed by atoms with Gasteiger partial charge in [-0.05, 0) is 13.0 Å². The van der Waals surface area contributed by atoms with Crippen molar-refractivity contribution in [2.45, 2.75) is 6.92 Å². The molecule has 0 fully saturated rings. The maximum Gasteiger partial charge on any atom is 0.325 e. The van der Waals surface area contributed by atoms with Crippen LogP contribution < -0.4 is 16.0 Å². The second-order valence-electron chi connectivity index (χ2n) is 3.73. The Bertz CT molecular complexity index is 703. The molecular formula is C12H11FN2O3. The number of nitrogens with one attached hydrogen (secondary N) is 2. The maximum absolute atomic E-state index is 14.0. The Morgan fingerprint density at radius 1 is 1.22 bits per heavy atom. The molecule has 1 aromatic carbocycles. The zero-order valence-corrected chi connectivity index (χ0v) is 9.83. The molecule has 0 aliphatic heterocycles. The molecule has 0 radical (unpaired) electrons. The van der Waals surface area contributed by atoms with Gasteiger partial charge in [-0.2, -0.15) is 0 Å². The highest BCUT2D eigenvalue weighted by Gasteiger charge is 2.15. The van der Waals surface area contributed by atoms with Crippen LogP contribution in [0.2, 0.25) is 0 Å². The van der Waals surface area contributed by atoms with E-state index in [4.69, 9.17) is 4.74 Å². The van der Waals surface area contributed by atoms with Crippen LogP contribution in [0.1, 0.15) is 5.69 Å². The third kappa shape index (κ3) is 1.92. The summed E-state index contributed by atoms with van der Waals surface area (Å²) in [5, 5.41) is 0. The Hall–Kier alpha value is -2.37. The summed E-state index contributed by atoms with van der Waals surface area (Å²) >= 11 is 0. The summed E-state index contributed by atoms with van der Waals surface area (Å²) in [6.07, 6.45) is 0. The zero-order valence-electron chi connectivity index (χ0n) is 9.83. The first-order valence-corrected chi connectivity index (χ1v) is 5.20. The molecule has 0 atom stereocenters. The smallest absolute Gasteiger partial charge is 0.325 e. The minimum atomic E-state index is -0.638. The van der Waals surface area contributed by atoms with Gasteiger partial charge in [-0.3, -0.25) is 9.78 Å². The average Bonchev–Trinajstić information content (AvgIpc) is 2.30. The van der Waals surface area contributed by atoms with Gasteiger partial charge in [0, 0.05) is 11.3 Å². The average molecular weight is 250 g/mol. The van der Waals surface area contributed by atoms with Crippen LogP contribution in [0.4, 0.5) is 4.39 Å². The van der Waals surface area contributed by atoms with Gasteiger partial charge in [-0.15, -0.1) is 0 Å². The van der Waals surface area contributed by atoms with Gasteiger partial charge in [0.1, 0.15) is 0 Å². The molecule has 6 heteroatoms. The van der Waals surface area contributed by atoms with Gasteiger partial charge in [0.2, 0.25) is 0 Å². The first-order valence-electron chi connectivity index (χ1n) is 5.20. The molecule has 0 aliphatic carbocycles. The Morgan fingerprint density at radius 2 is 1.94 bits per heavy atom. The largest absolute Gasteiger partial charge is 0.494 e. The van der Waals surface area contributed by atoms with E-state index in [1.165, 1.54) is 26.2 Å². The molecule has 18 heavy (non-hydrogen) atoms. The SMILES string of the molecule is COc1cccc(-c2c(C)[nH]c(=O)[nH]c2=O)c1F. The lowest BCUT2D eigenvalue weighted by Gasteiger charge is -2.08. The van der Waals surface area contributed by atoms with Gasteiger partial charge in [-0.1, -0.05) is 12.1 Å². The molecule has 0 saturated heterocycles. The summed E-state index contributed by atoms with van der Waals surface area (Å²) in [6, 6.07) is 4.48. The van der Waals surface area contributed by atoms with Crippen molar-refractivity contribution in [1.29, 1.82) is 0 Å². The molecule has 2 rings (SSSR count). The van der Waals surface area contributed by atoms with Crippen molar-refractivity contribution in [3.63, 3.8) is 0 Å². The summed E-state index contributed by atoms with van der Waals surface area (Å²) < 4.78 is 18.9. The molecule has 0 aliphatic rings. The Morgan fingerprint density at radius 3 is 2.56 bits per heavy atom. The third-order valence-corrected chi connectivity index (χ3v) is 2.58. The molecule has 0 bridgehead atoms. The lowest BCUT2D eigenvalue weighted by molar-refractivity contribution is 0.387. The highest BCUT2D eigenvalue weighted by Crippen LogP contribution is 2.27. The molecule has 1 aromatic heterocycles. The number of aryl methyl sites for hydroxylation is 1. The number of hydrogen-bond acceptors (Lipinski definition) is 3. The first-order chi connectivity index (χ1) is 8.54. The van der Waals surface area contributed by atoms with E-state index < -0.39 is 17.1 Å². The fourth-order valence-electron chi connectivity index (χ4n) is 1.79. The van der Waals surface area contributed by atoms with Crippen LogP contribution in [0.15, 0.2) is 27.8 Å². The van der Waals surface area contributed by atoms with Gasteiger partial charge >= 0.3 is 5.69 Å². The number of H-pyrrole nitrogens is 2. The first kappa shape index (κ1) is 12.1. The van der Waals surface area contributed by atoms with Crippen LogP contribution in [-0.2, 0) is 0 Å². The highest BCUT2D eigenvalue weighted by molar-refractivity contribution is 5.67. The van der Waals surface area contributed by atoms with Crippen molar-refractivity contribution in [1.82, 2.24) is 9.97 Å². The predicted octanol–water partition coefficient (Wildman–Crippen LogP) is 1.19. The number of aromatic nitrogens is 2. The number of hydrogen-bond donors (Lipinski definition) is 2. The quantitative estimate of drug-likeness (QED) is 0.840. The molecule has 0 unspecified atom stereocenters. The number of benzene rings is 1. The molecule has 2 aromatic rings. The number of methoxy groups -OCH3 is 1. The van der Waals surface area contributed by atoms with E-state index in [2.05, 4.69) is 9.97 Å². The number of ether oxygens (including phenoxy) is 1. The molecular weight excluding hydrogens is 239 g/mol. The van der Waals surface area contributed by atoms with Gasteiger partial charge in [0.15, 0.2) is 11.6 Å². The minimum absolute atomic E-state index is 0.0394. The summed E-state index contributed by atoms with van der Waals surface area (Å²) in [6.45, 7) is 1.53. The fraction of sp³-hybridized carbons (Fsp3) is 0.167. The van der Waals surface area contributed by atoms with Crippen molar-refractivity contribution in [3.05, 3.63) is 50.5 Å². The highest BCUT2D eigenvalue weighted by atomic mass is 19.1. The predicted molar refractivity (Wildman–Crippen MR) is 64.4 cm³/mol. The number of rotatable bonds is 2. The van der Waals surface area contributed by atoms with Crippen molar-refractivity contribution >= 4 is 0 Å². The zero-order chi connectivity index (χ0) is 13.3. The van der Waals surface area contributed by atoms with Crippen LogP contribution in [0.3, 0.4) is 0 Å². The van der Waals surface area contributed by atoms with Gasteiger partial charge < -0.3 is 9.72 Å². The second kappa shape index (κ2) is 4.48. The van der Waals surface area contributed by atoms with Crippen LogP contribution >= 0.6 is 0 Å². The summed E-state index contributed by atoms with van der Waals surface area (Å²) in [5.41, 5.74) is -0.779. The van der Waals surface area contributed by atoms with Crippen molar-refractivity contribution in [2.24, 2.45) is 0 Å². The van der Waals surface area contributed by atoms with E-state index in [0.29, 0.717) is 5.69 Å². The number of halogens is 1. The standard InChI is InChI=1S/C12H11FN2O3/c1-6-9(11(16)15-12(17)14-6)7-4-3-5-8(18-2)10(7)13/h3-5H,1-2H3,(H2,14,15,16,17). The molecule has 5 nitrogen and oxygen atoms in total. The van der Waals surface area contributed by atoms with Gasteiger partial charge in [0.25, 0.3) is 5.56 Å². The summed E-state index contributed by atoms with van der Waals surface area (Å²) in [5.74, 6) is -0.599. The lowest BCUT2D eigenvalue weighted by atomic mass is 10.0. The normalized spacial score (nSPS) is 10.4. The summed E-state index contributed by atoms with van der Waals surface area (Å²) in [4.78, 5) is 27.3. The molecule has 94 valence electrons. The van der Waals surface area contributed by atoms with E-state index in [1.54, 1.807) is 6.07 Å². The lowest BCUT2D eigenvalue weighted by Crippen LogP contribution is -2.25. The van der Waals surface area contributed by atoms with E-state index >= 15 is 0 Å². The van der Waals surface area contributed by atoms with E-state index in [0.717, 1.165) is 0 Å². The molecule has 0 amide bonds. The van der Waals surface area contributed by atoms with E-state index in [1.807, 2.05) is 0 Å². The van der Waals surface area contributed by atoms with Crippen molar-refractivity contribution < 1.29 is 9.13 Å². The minimum Gasteiger partial charge on any atom is -0.494 e. The Kier molecular flexibility index (Phi) is 3.01. The van der Waals surface area contributed by atoms with E-state index in [9.17, 15) is 14.0 Å². The van der Waals surface area contributed by atoms with Crippen molar-refractivity contribution in [2.75, 3.05) is 7.11 Å². The molecule has 0 spiro atoms. The van der Waals surface area contributed by atoms with Crippen molar-refractivity contribution in [3.8, 4) is 16.9 Å². The molecule has 0 saturated carbocycles. The van der Waals surface area contributed by atoms with E-state index in [-0.39, 0.29) is 16.9 Å². The maximum atomic E-state index is 14.0. The third-order valence-electron chi connectivity index (χ3n) is 2.58. The van der Waals surface area contributed by atoms with Crippen LogP contribution in [0.25, 0.3) is 11.1 Å².